The third-order valence-corrected chi connectivity index (χ3v) is 3.06. The first-order valence-electron chi connectivity index (χ1n) is 5.78. The molecule has 0 aromatic heterocycles. The molecule has 0 saturated heterocycles. The van der Waals surface area contributed by atoms with Gasteiger partial charge in [0.2, 0.25) is 0 Å². The SMILES string of the molecule is FC(F)(F)Oc1cccc(CNC2(C(F)(F)F)CC2)c1. The number of hydrogen-bond donors (Lipinski definition) is 1. The molecule has 0 amide bonds. The van der Waals surface area contributed by atoms with Gasteiger partial charge in [-0.2, -0.15) is 13.2 Å². The predicted octanol–water partition coefficient (Wildman–Crippen LogP) is 3.77. The van der Waals surface area contributed by atoms with Crippen LogP contribution in [-0.2, 0) is 6.54 Å². The quantitative estimate of drug-likeness (QED) is 0.855. The van der Waals surface area contributed by atoms with Gasteiger partial charge in [0.1, 0.15) is 11.3 Å². The first-order chi connectivity index (χ1) is 9.11. The highest BCUT2D eigenvalue weighted by molar-refractivity contribution is 5.29. The second-order valence-electron chi connectivity index (χ2n) is 4.63. The van der Waals surface area contributed by atoms with Crippen LogP contribution in [0.1, 0.15) is 18.4 Å². The van der Waals surface area contributed by atoms with E-state index in [1.165, 1.54) is 12.1 Å². The topological polar surface area (TPSA) is 21.3 Å². The van der Waals surface area contributed by atoms with Crippen molar-refractivity contribution in [3.63, 3.8) is 0 Å². The lowest BCUT2D eigenvalue weighted by molar-refractivity contribution is -0.274. The van der Waals surface area contributed by atoms with Gasteiger partial charge in [-0.05, 0) is 30.5 Å². The maximum atomic E-state index is 12.7. The number of rotatable bonds is 4. The van der Waals surface area contributed by atoms with Crippen LogP contribution in [0.3, 0.4) is 0 Å². The van der Waals surface area contributed by atoms with Crippen molar-refractivity contribution in [1.82, 2.24) is 5.32 Å². The Morgan fingerprint density at radius 3 is 2.25 bits per heavy atom. The van der Waals surface area contributed by atoms with Crippen LogP contribution in [0.15, 0.2) is 24.3 Å². The summed E-state index contributed by atoms with van der Waals surface area (Å²) in [6.45, 7) is -0.172. The summed E-state index contributed by atoms with van der Waals surface area (Å²) in [5.41, 5.74) is -1.60. The van der Waals surface area contributed by atoms with Crippen molar-refractivity contribution >= 4 is 0 Å². The Bertz CT molecular complexity index is 478. The molecule has 112 valence electrons. The highest BCUT2D eigenvalue weighted by Gasteiger charge is 2.62. The third kappa shape index (κ3) is 3.56. The van der Waals surface area contributed by atoms with Gasteiger partial charge in [-0.15, -0.1) is 13.2 Å². The van der Waals surface area contributed by atoms with Crippen molar-refractivity contribution in [1.29, 1.82) is 0 Å². The summed E-state index contributed by atoms with van der Waals surface area (Å²) in [5.74, 6) is -0.450. The van der Waals surface area contributed by atoms with Crippen molar-refractivity contribution < 1.29 is 31.1 Å². The molecule has 0 aliphatic heterocycles. The Balaban J connectivity index is 1.99. The minimum absolute atomic E-state index is 0.0186. The smallest absolute Gasteiger partial charge is 0.406 e. The van der Waals surface area contributed by atoms with Gasteiger partial charge in [0.25, 0.3) is 0 Å². The molecular formula is C12H11F6NO. The molecule has 2 rings (SSSR count). The highest BCUT2D eigenvalue weighted by atomic mass is 19.4. The van der Waals surface area contributed by atoms with E-state index in [1.807, 2.05) is 0 Å². The zero-order valence-electron chi connectivity index (χ0n) is 10.1. The van der Waals surface area contributed by atoms with Gasteiger partial charge in [0.15, 0.2) is 0 Å². The summed E-state index contributed by atoms with van der Waals surface area (Å²) in [5, 5.41) is 2.35. The number of ether oxygens (including phenoxy) is 1. The van der Waals surface area contributed by atoms with Crippen LogP contribution in [0.2, 0.25) is 0 Å². The van der Waals surface area contributed by atoms with Gasteiger partial charge in [-0.3, -0.25) is 5.32 Å². The summed E-state index contributed by atoms with van der Waals surface area (Å²) < 4.78 is 77.8. The zero-order valence-corrected chi connectivity index (χ0v) is 10.1. The fraction of sp³-hybridized carbons (Fsp3) is 0.500. The van der Waals surface area contributed by atoms with E-state index < -0.39 is 23.8 Å². The van der Waals surface area contributed by atoms with Gasteiger partial charge < -0.3 is 4.74 Å². The third-order valence-electron chi connectivity index (χ3n) is 3.06. The Labute approximate surface area is 110 Å². The molecule has 1 N–H and O–H groups in total. The Morgan fingerprint density at radius 1 is 1.10 bits per heavy atom. The summed E-state index contributed by atoms with van der Waals surface area (Å²) in [6, 6.07) is 4.88. The standard InChI is InChI=1S/C12H11F6NO/c13-11(14,15)10(4-5-10)19-7-8-2-1-3-9(6-8)20-12(16,17)18/h1-3,6,19H,4-5,7H2. The van der Waals surface area contributed by atoms with Gasteiger partial charge in [-0.25, -0.2) is 0 Å². The predicted molar refractivity (Wildman–Crippen MR) is 58.0 cm³/mol. The van der Waals surface area contributed by atoms with Crippen LogP contribution in [-0.4, -0.2) is 18.1 Å². The van der Waals surface area contributed by atoms with Crippen LogP contribution in [0.5, 0.6) is 5.75 Å². The molecule has 0 bridgehead atoms. The first kappa shape index (κ1) is 15.0. The molecule has 20 heavy (non-hydrogen) atoms. The molecule has 2 nitrogen and oxygen atoms in total. The maximum absolute atomic E-state index is 12.7. The van der Waals surface area contributed by atoms with Gasteiger partial charge in [0, 0.05) is 6.54 Å². The summed E-state index contributed by atoms with van der Waals surface area (Å²) in [7, 11) is 0. The molecule has 0 radical (unpaired) electrons. The number of hydrogen-bond acceptors (Lipinski definition) is 2. The second-order valence-corrected chi connectivity index (χ2v) is 4.63. The van der Waals surface area contributed by atoms with Crippen LogP contribution < -0.4 is 10.1 Å². The van der Waals surface area contributed by atoms with Gasteiger partial charge in [0.05, 0.1) is 0 Å². The van der Waals surface area contributed by atoms with E-state index in [4.69, 9.17) is 0 Å². The molecule has 1 aliphatic rings. The molecule has 0 unspecified atom stereocenters. The van der Waals surface area contributed by atoms with Crippen LogP contribution in [0.4, 0.5) is 26.3 Å². The number of halogens is 6. The largest absolute Gasteiger partial charge is 0.573 e. The van der Waals surface area contributed by atoms with Crippen molar-refractivity contribution in [3.05, 3.63) is 29.8 Å². The number of benzene rings is 1. The van der Waals surface area contributed by atoms with E-state index in [2.05, 4.69) is 10.1 Å². The fourth-order valence-corrected chi connectivity index (χ4v) is 1.81. The maximum Gasteiger partial charge on any atom is 0.573 e. The van der Waals surface area contributed by atoms with Crippen LogP contribution in [0.25, 0.3) is 0 Å². The number of alkyl halides is 6. The van der Waals surface area contributed by atoms with E-state index in [0.717, 1.165) is 12.1 Å². The average Bonchev–Trinajstić information content (AvgIpc) is 3.04. The van der Waals surface area contributed by atoms with Gasteiger partial charge >= 0.3 is 12.5 Å². The molecule has 1 aromatic rings. The Morgan fingerprint density at radius 2 is 1.75 bits per heavy atom. The van der Waals surface area contributed by atoms with Crippen molar-refractivity contribution in [2.45, 2.75) is 37.5 Å². The second kappa shape index (κ2) is 4.83. The Hall–Kier alpha value is -1.44. The molecule has 1 aromatic carbocycles. The monoisotopic (exact) mass is 299 g/mol. The molecular weight excluding hydrogens is 288 g/mol. The lowest BCUT2D eigenvalue weighted by Gasteiger charge is -2.21. The van der Waals surface area contributed by atoms with Crippen LogP contribution in [0, 0.1) is 0 Å². The van der Waals surface area contributed by atoms with E-state index in [0.29, 0.717) is 5.56 Å². The van der Waals surface area contributed by atoms with Crippen molar-refractivity contribution in [3.8, 4) is 5.75 Å². The highest BCUT2D eigenvalue weighted by Crippen LogP contribution is 2.49. The molecule has 0 heterocycles. The van der Waals surface area contributed by atoms with Crippen molar-refractivity contribution in [2.24, 2.45) is 0 Å². The summed E-state index contributed by atoms with van der Waals surface area (Å²) in [4.78, 5) is 0. The summed E-state index contributed by atoms with van der Waals surface area (Å²) in [6.07, 6.45) is -9.21. The molecule has 1 saturated carbocycles. The van der Waals surface area contributed by atoms with E-state index in [-0.39, 0.29) is 19.4 Å². The van der Waals surface area contributed by atoms with Crippen molar-refractivity contribution in [2.75, 3.05) is 0 Å². The van der Waals surface area contributed by atoms with Crippen LogP contribution >= 0.6 is 0 Å². The average molecular weight is 299 g/mol. The lowest BCUT2D eigenvalue weighted by atomic mass is 10.2. The molecule has 1 aliphatic carbocycles. The van der Waals surface area contributed by atoms with E-state index in [9.17, 15) is 26.3 Å². The minimum Gasteiger partial charge on any atom is -0.406 e. The minimum atomic E-state index is -4.82. The molecule has 0 atom stereocenters. The normalized spacial score (nSPS) is 17.9. The zero-order chi connectivity index (χ0) is 15.0. The van der Waals surface area contributed by atoms with E-state index in [1.54, 1.807) is 0 Å². The molecule has 0 spiro atoms. The summed E-state index contributed by atoms with van der Waals surface area (Å²) >= 11 is 0. The Kier molecular flexibility index (Phi) is 3.62. The molecule has 1 fully saturated rings. The molecule has 8 heteroatoms. The lowest BCUT2D eigenvalue weighted by Crippen LogP contribution is -2.44. The van der Waals surface area contributed by atoms with Gasteiger partial charge in [-0.1, -0.05) is 12.1 Å². The number of nitrogens with one attached hydrogen (secondary N) is 1. The first-order valence-corrected chi connectivity index (χ1v) is 5.78. The van der Waals surface area contributed by atoms with E-state index >= 15 is 0 Å². The fourth-order valence-electron chi connectivity index (χ4n) is 1.81.